The number of aromatic nitrogens is 3. The molecule has 0 aliphatic rings. The largest absolute Gasteiger partial charge is 0.459 e. The van der Waals surface area contributed by atoms with Crippen molar-refractivity contribution in [2.24, 2.45) is 0 Å². The van der Waals surface area contributed by atoms with Gasteiger partial charge in [-0.15, -0.1) is 10.2 Å². The summed E-state index contributed by atoms with van der Waals surface area (Å²) in [7, 11) is 2.01. The van der Waals surface area contributed by atoms with Gasteiger partial charge in [0.25, 0.3) is 5.89 Å². The lowest BCUT2D eigenvalue weighted by atomic mass is 10.2. The first-order valence-corrected chi connectivity index (χ1v) is 6.76. The minimum Gasteiger partial charge on any atom is -0.459 e. The van der Waals surface area contributed by atoms with Crippen LogP contribution in [0.2, 0.25) is 0 Å². The third-order valence-electron chi connectivity index (χ3n) is 3.08. The first-order chi connectivity index (χ1) is 10.3. The molecule has 3 rings (SSSR count). The molecule has 6 heteroatoms. The van der Waals surface area contributed by atoms with Gasteiger partial charge in [0.2, 0.25) is 5.89 Å². The number of pyridine rings is 1. The Labute approximate surface area is 122 Å². The normalized spacial score (nSPS) is 11.1. The Morgan fingerprint density at radius 3 is 2.86 bits per heavy atom. The van der Waals surface area contributed by atoms with Crippen molar-refractivity contribution in [3.05, 3.63) is 54.4 Å². The highest BCUT2D eigenvalue weighted by Gasteiger charge is 2.12. The molecule has 6 nitrogen and oxygen atoms in total. The first kappa shape index (κ1) is 13.5. The van der Waals surface area contributed by atoms with Crippen LogP contribution in [0.25, 0.3) is 11.7 Å². The molecule has 3 aromatic heterocycles. The quantitative estimate of drug-likeness (QED) is 0.692. The molecule has 0 N–H and O–H groups in total. The van der Waals surface area contributed by atoms with Crippen molar-refractivity contribution in [1.82, 2.24) is 20.1 Å². The van der Waals surface area contributed by atoms with Crippen LogP contribution < -0.4 is 0 Å². The molecule has 21 heavy (non-hydrogen) atoms. The van der Waals surface area contributed by atoms with Crippen LogP contribution in [0.5, 0.6) is 0 Å². The van der Waals surface area contributed by atoms with Crippen LogP contribution in [0.4, 0.5) is 0 Å². The maximum atomic E-state index is 5.58. The van der Waals surface area contributed by atoms with Gasteiger partial charge >= 0.3 is 0 Å². The average Bonchev–Trinajstić information content (AvgIpc) is 3.17. The van der Waals surface area contributed by atoms with Crippen molar-refractivity contribution < 1.29 is 8.83 Å². The Morgan fingerprint density at radius 2 is 2.10 bits per heavy atom. The van der Waals surface area contributed by atoms with Gasteiger partial charge in [-0.2, -0.15) is 0 Å². The van der Waals surface area contributed by atoms with Gasteiger partial charge in [-0.3, -0.25) is 9.88 Å². The Bertz CT molecular complexity index is 664. The second kappa shape index (κ2) is 6.32. The number of nitrogens with zero attached hydrogens (tertiary/aromatic N) is 4. The van der Waals surface area contributed by atoms with Crippen LogP contribution in [0, 0.1) is 0 Å². The molecule has 0 aromatic carbocycles. The van der Waals surface area contributed by atoms with Gasteiger partial charge in [0.05, 0.1) is 12.8 Å². The molecular weight excluding hydrogens is 268 g/mol. The summed E-state index contributed by atoms with van der Waals surface area (Å²) in [5, 5.41) is 8.01. The first-order valence-electron chi connectivity index (χ1n) is 6.76. The van der Waals surface area contributed by atoms with E-state index in [1.54, 1.807) is 18.4 Å². The molecule has 0 saturated heterocycles. The van der Waals surface area contributed by atoms with E-state index in [2.05, 4.69) is 20.1 Å². The van der Waals surface area contributed by atoms with E-state index < -0.39 is 0 Å². The van der Waals surface area contributed by atoms with Crippen molar-refractivity contribution in [2.75, 3.05) is 13.6 Å². The highest BCUT2D eigenvalue weighted by Crippen LogP contribution is 2.18. The number of hydrogen-bond donors (Lipinski definition) is 0. The Morgan fingerprint density at radius 1 is 1.14 bits per heavy atom. The van der Waals surface area contributed by atoms with E-state index >= 15 is 0 Å². The fraction of sp³-hybridized carbons (Fsp3) is 0.267. The van der Waals surface area contributed by atoms with Gasteiger partial charge in [-0.25, -0.2) is 0 Å². The molecular formula is C15H16N4O2. The summed E-state index contributed by atoms with van der Waals surface area (Å²) in [4.78, 5) is 6.42. The predicted octanol–water partition coefficient (Wildman–Crippen LogP) is 2.40. The molecule has 0 unspecified atom stereocenters. The van der Waals surface area contributed by atoms with Gasteiger partial charge in [0, 0.05) is 24.9 Å². The molecule has 0 aliphatic carbocycles. The Kier molecular flexibility index (Phi) is 4.07. The highest BCUT2D eigenvalue weighted by molar-refractivity contribution is 5.42. The average molecular weight is 284 g/mol. The second-order valence-electron chi connectivity index (χ2n) is 4.79. The summed E-state index contributed by atoms with van der Waals surface area (Å²) in [6.07, 6.45) is 4.28. The van der Waals surface area contributed by atoms with E-state index in [4.69, 9.17) is 8.83 Å². The van der Waals surface area contributed by atoms with Gasteiger partial charge in [0.15, 0.2) is 5.76 Å². The van der Waals surface area contributed by atoms with Crippen LogP contribution >= 0.6 is 0 Å². The summed E-state index contributed by atoms with van der Waals surface area (Å²) in [5.41, 5.74) is 1.08. The van der Waals surface area contributed by atoms with Crippen molar-refractivity contribution in [3.63, 3.8) is 0 Å². The van der Waals surface area contributed by atoms with E-state index in [0.29, 0.717) is 24.1 Å². The van der Waals surface area contributed by atoms with Crippen LogP contribution in [0.15, 0.2) is 51.6 Å². The van der Waals surface area contributed by atoms with E-state index in [1.807, 2.05) is 31.4 Å². The third-order valence-corrected chi connectivity index (χ3v) is 3.08. The van der Waals surface area contributed by atoms with Crippen molar-refractivity contribution >= 4 is 0 Å². The lowest BCUT2D eigenvalue weighted by Gasteiger charge is -2.13. The fourth-order valence-corrected chi connectivity index (χ4v) is 1.98. The second-order valence-corrected chi connectivity index (χ2v) is 4.79. The molecule has 0 fully saturated rings. The van der Waals surface area contributed by atoms with Crippen molar-refractivity contribution in [3.8, 4) is 11.7 Å². The van der Waals surface area contributed by atoms with E-state index in [1.165, 1.54) is 0 Å². The molecule has 0 bridgehead atoms. The SMILES string of the molecule is CN(CCc1ccccn1)Cc1nnc(-c2ccco2)o1. The lowest BCUT2D eigenvalue weighted by Crippen LogP contribution is -2.21. The predicted molar refractivity (Wildman–Crippen MR) is 76.3 cm³/mol. The van der Waals surface area contributed by atoms with Crippen molar-refractivity contribution in [1.29, 1.82) is 0 Å². The molecule has 3 aromatic rings. The zero-order valence-electron chi connectivity index (χ0n) is 11.8. The minimum atomic E-state index is 0.410. The molecule has 0 aliphatic heterocycles. The number of furan rings is 1. The molecule has 0 radical (unpaired) electrons. The summed E-state index contributed by atoms with van der Waals surface area (Å²) in [5.74, 6) is 1.57. The zero-order valence-corrected chi connectivity index (χ0v) is 11.8. The van der Waals surface area contributed by atoms with Crippen molar-refractivity contribution in [2.45, 2.75) is 13.0 Å². The van der Waals surface area contributed by atoms with Gasteiger partial charge < -0.3 is 8.83 Å². The summed E-state index contributed by atoms with van der Waals surface area (Å²) >= 11 is 0. The number of likely N-dealkylation sites (N-methyl/N-ethyl adjacent to an activating group) is 1. The lowest BCUT2D eigenvalue weighted by molar-refractivity contribution is 0.291. The van der Waals surface area contributed by atoms with Crippen LogP contribution in [-0.4, -0.2) is 33.7 Å². The smallest absolute Gasteiger partial charge is 0.283 e. The molecule has 108 valence electrons. The topological polar surface area (TPSA) is 68.2 Å². The van der Waals surface area contributed by atoms with E-state index in [-0.39, 0.29) is 0 Å². The van der Waals surface area contributed by atoms with Gasteiger partial charge in [-0.1, -0.05) is 6.07 Å². The number of rotatable bonds is 6. The summed E-state index contributed by atoms with van der Waals surface area (Å²) in [6.45, 7) is 1.47. The third kappa shape index (κ3) is 3.55. The maximum absolute atomic E-state index is 5.58. The maximum Gasteiger partial charge on any atom is 0.283 e. The molecule has 0 amide bonds. The molecule has 0 spiro atoms. The van der Waals surface area contributed by atoms with Crippen LogP contribution in [-0.2, 0) is 13.0 Å². The summed E-state index contributed by atoms with van der Waals surface area (Å²) < 4.78 is 10.8. The fourth-order valence-electron chi connectivity index (χ4n) is 1.98. The van der Waals surface area contributed by atoms with Gasteiger partial charge in [0.1, 0.15) is 0 Å². The van der Waals surface area contributed by atoms with E-state index in [0.717, 1.165) is 18.7 Å². The molecule has 0 atom stereocenters. The van der Waals surface area contributed by atoms with Gasteiger partial charge in [-0.05, 0) is 31.3 Å². The van der Waals surface area contributed by atoms with Crippen LogP contribution in [0.1, 0.15) is 11.6 Å². The summed E-state index contributed by atoms with van der Waals surface area (Å²) in [6, 6.07) is 9.52. The van der Waals surface area contributed by atoms with E-state index in [9.17, 15) is 0 Å². The standard InChI is InChI=1S/C15H16N4O2/c1-19(9-7-12-5-2-3-8-16-12)11-14-17-18-15(21-14)13-6-4-10-20-13/h2-6,8,10H,7,9,11H2,1H3. The Hall–Kier alpha value is -2.47. The zero-order chi connectivity index (χ0) is 14.5. The molecule has 0 saturated carbocycles. The Balaban J connectivity index is 1.54. The highest BCUT2D eigenvalue weighted by atomic mass is 16.4. The minimum absolute atomic E-state index is 0.410. The number of hydrogen-bond acceptors (Lipinski definition) is 6. The molecule has 3 heterocycles. The monoisotopic (exact) mass is 284 g/mol. The van der Waals surface area contributed by atoms with Crippen LogP contribution in [0.3, 0.4) is 0 Å².